The number of rotatable bonds is 5. The number of nitrogens with zero attached hydrogens (tertiary/aromatic N) is 1. The van der Waals surface area contributed by atoms with Crippen molar-refractivity contribution in [1.82, 2.24) is 15.5 Å². The van der Waals surface area contributed by atoms with Gasteiger partial charge < -0.3 is 10.2 Å². The number of urea groups is 1. The number of likely N-dealkylation sites (tertiary alicyclic amines) is 1. The molecular weight excluding hydrogens is 254 g/mol. The first-order valence-electron chi connectivity index (χ1n) is 6.51. The average molecular weight is 276 g/mol. The van der Waals surface area contributed by atoms with Crippen molar-refractivity contribution in [2.75, 3.05) is 32.1 Å². The first-order chi connectivity index (χ1) is 8.65. The molecule has 3 amide bonds. The Balaban J connectivity index is 2.13. The van der Waals surface area contributed by atoms with E-state index in [1.165, 1.54) is 0 Å². The van der Waals surface area contributed by atoms with Gasteiger partial charge in [-0.3, -0.25) is 10.1 Å². The number of nitrogens with one attached hydrogen (secondary N) is 2. The van der Waals surface area contributed by atoms with Gasteiger partial charge in [0, 0.05) is 18.8 Å². The van der Waals surface area contributed by atoms with Gasteiger partial charge in [0.2, 0.25) is 5.91 Å². The molecule has 5 nitrogen and oxygen atoms in total. The van der Waals surface area contributed by atoms with Crippen molar-refractivity contribution in [2.24, 2.45) is 5.92 Å². The number of carbonyl (C=O) groups excluding carboxylic acids is 2. The molecule has 0 unspecified atom stereocenters. The number of piperidine rings is 1. The van der Waals surface area contributed by atoms with E-state index in [2.05, 4.69) is 22.5 Å². The maximum atomic E-state index is 11.4. The summed E-state index contributed by atoms with van der Waals surface area (Å²) in [7, 11) is 0. The summed E-state index contributed by atoms with van der Waals surface area (Å²) in [5, 5.41) is 5.00. The molecule has 1 rings (SSSR count). The van der Waals surface area contributed by atoms with E-state index in [0.29, 0.717) is 12.5 Å². The second kappa shape index (κ2) is 8.32. The van der Waals surface area contributed by atoms with E-state index in [4.69, 9.17) is 11.6 Å². The van der Waals surface area contributed by atoms with Crippen molar-refractivity contribution in [1.29, 1.82) is 0 Å². The van der Waals surface area contributed by atoms with Crippen LogP contribution in [-0.4, -0.2) is 48.9 Å². The Morgan fingerprint density at radius 2 is 2.00 bits per heavy atom. The predicted molar refractivity (Wildman–Crippen MR) is 71.7 cm³/mol. The lowest BCUT2D eigenvalue weighted by atomic mass is 9.97. The molecule has 0 spiro atoms. The molecule has 0 aromatic carbocycles. The van der Waals surface area contributed by atoms with E-state index in [1.54, 1.807) is 0 Å². The fourth-order valence-electron chi connectivity index (χ4n) is 2.06. The third kappa shape index (κ3) is 5.69. The molecular formula is C12H22ClN3O2. The third-order valence-electron chi connectivity index (χ3n) is 3.28. The van der Waals surface area contributed by atoms with Crippen molar-refractivity contribution >= 4 is 23.5 Å². The number of hydrogen-bond donors (Lipinski definition) is 2. The number of carbonyl (C=O) groups is 2. The molecule has 0 aromatic heterocycles. The zero-order valence-electron chi connectivity index (χ0n) is 10.9. The summed E-state index contributed by atoms with van der Waals surface area (Å²) in [5.41, 5.74) is 0. The van der Waals surface area contributed by atoms with Gasteiger partial charge in [-0.15, -0.1) is 11.6 Å². The lowest BCUT2D eigenvalue weighted by Gasteiger charge is -2.30. The highest BCUT2D eigenvalue weighted by Crippen LogP contribution is 2.15. The Morgan fingerprint density at radius 3 is 2.56 bits per heavy atom. The number of hydrogen-bond acceptors (Lipinski definition) is 3. The molecule has 0 atom stereocenters. The highest BCUT2D eigenvalue weighted by molar-refractivity contribution is 6.19. The summed E-state index contributed by atoms with van der Waals surface area (Å²) >= 11 is 5.41. The predicted octanol–water partition coefficient (Wildman–Crippen LogP) is 1.17. The first-order valence-corrected chi connectivity index (χ1v) is 7.05. The largest absolute Gasteiger partial charge is 0.338 e. The Morgan fingerprint density at radius 1 is 1.33 bits per heavy atom. The number of halogens is 1. The molecule has 1 aliphatic heterocycles. The summed E-state index contributed by atoms with van der Waals surface area (Å²) in [6.45, 7) is 6.07. The molecule has 1 aliphatic rings. The van der Waals surface area contributed by atoms with Gasteiger partial charge in [0.05, 0.1) is 0 Å². The van der Waals surface area contributed by atoms with Crippen LogP contribution in [0.5, 0.6) is 0 Å². The molecule has 6 heteroatoms. The zero-order valence-corrected chi connectivity index (χ0v) is 11.6. The molecule has 0 bridgehead atoms. The fourth-order valence-corrected chi connectivity index (χ4v) is 2.23. The van der Waals surface area contributed by atoms with Crippen molar-refractivity contribution in [3.8, 4) is 0 Å². The summed E-state index contributed by atoms with van der Waals surface area (Å²) in [5.74, 6) is 0.416. The Kier molecular flexibility index (Phi) is 7.05. The summed E-state index contributed by atoms with van der Waals surface area (Å²) in [4.78, 5) is 24.9. The average Bonchev–Trinajstić information content (AvgIpc) is 2.37. The molecule has 2 N–H and O–H groups in total. The maximum absolute atomic E-state index is 11.4. The van der Waals surface area contributed by atoms with Gasteiger partial charge in [0.1, 0.15) is 0 Å². The van der Waals surface area contributed by atoms with Crippen molar-refractivity contribution in [2.45, 2.75) is 26.2 Å². The molecule has 104 valence electrons. The number of imide groups is 1. The molecule has 1 saturated heterocycles. The minimum atomic E-state index is -0.414. The highest BCUT2D eigenvalue weighted by Gasteiger charge is 2.18. The zero-order chi connectivity index (χ0) is 13.4. The normalized spacial score (nSPS) is 17.4. The molecule has 0 radical (unpaired) electrons. The summed E-state index contributed by atoms with van der Waals surface area (Å²) < 4.78 is 0. The van der Waals surface area contributed by atoms with E-state index < -0.39 is 6.03 Å². The van der Waals surface area contributed by atoms with Crippen molar-refractivity contribution in [3.05, 3.63) is 0 Å². The summed E-state index contributed by atoms with van der Waals surface area (Å²) in [6, 6.07) is -0.414. The Bertz CT molecular complexity index is 278. The lowest BCUT2D eigenvalue weighted by Crippen LogP contribution is -2.43. The van der Waals surface area contributed by atoms with Gasteiger partial charge >= 0.3 is 6.03 Å². The van der Waals surface area contributed by atoms with Crippen LogP contribution in [0.2, 0.25) is 0 Å². The van der Waals surface area contributed by atoms with E-state index in [0.717, 1.165) is 32.5 Å². The molecule has 0 aliphatic carbocycles. The number of amides is 3. The Labute approximate surface area is 113 Å². The van der Waals surface area contributed by atoms with Gasteiger partial charge in [-0.25, -0.2) is 4.79 Å². The second-order valence-corrected chi connectivity index (χ2v) is 4.95. The van der Waals surface area contributed by atoms with E-state index in [1.807, 2.05) is 0 Å². The molecule has 1 heterocycles. The van der Waals surface area contributed by atoms with Crippen molar-refractivity contribution < 1.29 is 9.59 Å². The van der Waals surface area contributed by atoms with E-state index in [9.17, 15) is 9.59 Å². The Hall–Kier alpha value is -0.810. The van der Waals surface area contributed by atoms with Crippen LogP contribution in [0.3, 0.4) is 0 Å². The van der Waals surface area contributed by atoms with Crippen LogP contribution in [0.4, 0.5) is 4.79 Å². The van der Waals surface area contributed by atoms with Gasteiger partial charge in [-0.1, -0.05) is 6.92 Å². The first kappa shape index (κ1) is 15.2. The molecule has 18 heavy (non-hydrogen) atoms. The fraction of sp³-hybridized carbons (Fsp3) is 0.833. The van der Waals surface area contributed by atoms with E-state index in [-0.39, 0.29) is 18.2 Å². The van der Waals surface area contributed by atoms with E-state index >= 15 is 0 Å². The second-order valence-electron chi connectivity index (χ2n) is 4.57. The maximum Gasteiger partial charge on any atom is 0.321 e. The van der Waals surface area contributed by atoms with Gasteiger partial charge in [0.25, 0.3) is 0 Å². The smallest absolute Gasteiger partial charge is 0.321 e. The van der Waals surface area contributed by atoms with Crippen molar-refractivity contribution in [3.63, 3.8) is 0 Å². The van der Waals surface area contributed by atoms with Crippen LogP contribution >= 0.6 is 11.6 Å². The minimum absolute atomic E-state index is 0.171. The van der Waals surface area contributed by atoms with Crippen LogP contribution in [0.1, 0.15) is 26.2 Å². The lowest BCUT2D eigenvalue weighted by molar-refractivity contribution is -0.119. The van der Waals surface area contributed by atoms with Gasteiger partial charge in [0.15, 0.2) is 0 Å². The topological polar surface area (TPSA) is 61.4 Å². The number of alkyl halides is 1. The summed E-state index contributed by atoms with van der Waals surface area (Å²) in [6.07, 6.45) is 2.37. The quantitative estimate of drug-likeness (QED) is 0.741. The monoisotopic (exact) mass is 275 g/mol. The highest BCUT2D eigenvalue weighted by atomic mass is 35.5. The van der Waals surface area contributed by atoms with Gasteiger partial charge in [-0.2, -0.15) is 0 Å². The van der Waals surface area contributed by atoms with Crippen LogP contribution in [-0.2, 0) is 4.79 Å². The third-order valence-corrected chi connectivity index (χ3v) is 3.47. The molecule has 1 fully saturated rings. The standard InChI is InChI=1S/C12H22ClN3O2/c1-2-16-7-4-10(5-8-16)9-14-12(18)15-11(17)3-6-13/h10H,2-9H2,1H3,(H2,14,15,17,18). The van der Waals surface area contributed by atoms with Crippen LogP contribution in [0.25, 0.3) is 0 Å². The molecule has 0 aromatic rings. The van der Waals surface area contributed by atoms with Crippen LogP contribution in [0, 0.1) is 5.92 Å². The molecule has 0 saturated carbocycles. The van der Waals surface area contributed by atoms with Gasteiger partial charge in [-0.05, 0) is 38.4 Å². The minimum Gasteiger partial charge on any atom is -0.338 e. The van der Waals surface area contributed by atoms with Crippen LogP contribution < -0.4 is 10.6 Å². The van der Waals surface area contributed by atoms with Crippen LogP contribution in [0.15, 0.2) is 0 Å². The SMILES string of the molecule is CCN1CCC(CNC(=O)NC(=O)CCCl)CC1.